The van der Waals surface area contributed by atoms with Gasteiger partial charge in [-0.05, 0) is 75.9 Å². The van der Waals surface area contributed by atoms with E-state index in [-0.39, 0.29) is 0 Å². The molecule has 0 aliphatic rings. The highest BCUT2D eigenvalue weighted by Gasteiger charge is 2.20. The average molecular weight is 408 g/mol. The summed E-state index contributed by atoms with van der Waals surface area (Å²) in [6, 6.07) is 18.6. The second kappa shape index (κ2) is 9.43. The van der Waals surface area contributed by atoms with Gasteiger partial charge >= 0.3 is 8.60 Å². The van der Waals surface area contributed by atoms with Crippen LogP contribution in [0.2, 0.25) is 0 Å². The molecule has 0 aliphatic heterocycles. The van der Waals surface area contributed by atoms with Gasteiger partial charge in [0, 0.05) is 0 Å². The van der Waals surface area contributed by atoms with Crippen LogP contribution in [0.5, 0.6) is 11.5 Å². The Hall–Kier alpha value is -2.35. The topological polar surface area (TPSA) is 27.7 Å². The molecule has 0 spiro atoms. The lowest BCUT2D eigenvalue weighted by molar-refractivity contribution is 0.255. The van der Waals surface area contributed by atoms with Gasteiger partial charge in [-0.1, -0.05) is 59.2 Å². The number of rotatable bonds is 7. The average Bonchev–Trinajstić information content (AvgIpc) is 2.65. The highest BCUT2D eigenvalue weighted by molar-refractivity contribution is 7.42. The van der Waals surface area contributed by atoms with E-state index >= 15 is 0 Å². The Morgan fingerprint density at radius 1 is 0.586 bits per heavy atom. The molecule has 0 aromatic heterocycles. The van der Waals surface area contributed by atoms with Crippen LogP contribution in [0.15, 0.2) is 54.6 Å². The van der Waals surface area contributed by atoms with Crippen molar-refractivity contribution in [1.29, 1.82) is 0 Å². The molecule has 4 heteroatoms. The quantitative estimate of drug-likeness (QED) is 0.380. The maximum absolute atomic E-state index is 6.20. The van der Waals surface area contributed by atoms with Crippen molar-refractivity contribution < 1.29 is 13.6 Å². The molecule has 29 heavy (non-hydrogen) atoms. The lowest BCUT2D eigenvalue weighted by Gasteiger charge is -2.20. The van der Waals surface area contributed by atoms with Crippen LogP contribution >= 0.6 is 8.60 Å². The third-order valence-corrected chi connectivity index (χ3v) is 5.86. The summed E-state index contributed by atoms with van der Waals surface area (Å²) in [7, 11) is -1.61. The Kier molecular flexibility index (Phi) is 6.95. The molecule has 0 radical (unpaired) electrons. The predicted octanol–water partition coefficient (Wildman–Crippen LogP) is 7.44. The molecule has 0 atom stereocenters. The molecule has 3 nitrogen and oxygen atoms in total. The van der Waals surface area contributed by atoms with E-state index < -0.39 is 8.60 Å². The lowest BCUT2D eigenvalue weighted by atomic mass is 10.1. The Bertz CT molecular complexity index is 944. The lowest BCUT2D eigenvalue weighted by Crippen LogP contribution is -2.03. The van der Waals surface area contributed by atoms with Crippen LogP contribution < -0.4 is 9.05 Å². The highest BCUT2D eigenvalue weighted by Crippen LogP contribution is 2.44. The minimum absolute atomic E-state index is 0.438. The van der Waals surface area contributed by atoms with E-state index in [0.717, 1.165) is 28.2 Å². The van der Waals surface area contributed by atoms with Crippen molar-refractivity contribution in [2.75, 3.05) is 0 Å². The fraction of sp³-hybridized carbons (Fsp3) is 0.280. The third-order valence-electron chi connectivity index (χ3n) is 4.83. The summed E-state index contributed by atoms with van der Waals surface area (Å²) in [5, 5.41) is 0. The van der Waals surface area contributed by atoms with Crippen LogP contribution in [0, 0.1) is 41.5 Å². The van der Waals surface area contributed by atoms with Gasteiger partial charge in [0.25, 0.3) is 0 Å². The van der Waals surface area contributed by atoms with E-state index in [1.54, 1.807) is 0 Å². The molecule has 0 saturated carbocycles. The van der Waals surface area contributed by atoms with Crippen LogP contribution in [0.1, 0.15) is 38.9 Å². The number of hydrogen-bond donors (Lipinski definition) is 0. The molecule has 0 N–H and O–H groups in total. The van der Waals surface area contributed by atoms with Gasteiger partial charge in [0.05, 0.1) is 6.61 Å². The van der Waals surface area contributed by atoms with Crippen molar-refractivity contribution >= 4 is 8.60 Å². The summed E-state index contributed by atoms with van der Waals surface area (Å²) < 4.78 is 18.5. The molecule has 0 heterocycles. The SMILES string of the molecule is Cc1ccc(COP(Oc2ccc(C)cc2C)Oc2ccc(C)cc2C)c(C)c1. The van der Waals surface area contributed by atoms with Crippen LogP contribution in [0.25, 0.3) is 0 Å². The van der Waals surface area contributed by atoms with Gasteiger partial charge in [0.1, 0.15) is 11.5 Å². The fourth-order valence-corrected chi connectivity index (χ4v) is 4.28. The van der Waals surface area contributed by atoms with Gasteiger partial charge in [0.15, 0.2) is 0 Å². The normalized spacial score (nSPS) is 11.0. The third kappa shape index (κ3) is 5.82. The maximum atomic E-state index is 6.20. The van der Waals surface area contributed by atoms with E-state index in [2.05, 4.69) is 58.0 Å². The van der Waals surface area contributed by atoms with Crippen LogP contribution in [0.4, 0.5) is 0 Å². The van der Waals surface area contributed by atoms with Crippen LogP contribution in [-0.4, -0.2) is 0 Å². The second-order valence-electron chi connectivity index (χ2n) is 7.65. The molecule has 3 aromatic carbocycles. The van der Waals surface area contributed by atoms with E-state index in [1.807, 2.05) is 38.1 Å². The summed E-state index contributed by atoms with van der Waals surface area (Å²) in [6.07, 6.45) is 0. The molecule has 3 rings (SSSR count). The Labute approximate surface area is 175 Å². The van der Waals surface area contributed by atoms with Gasteiger partial charge in [-0.3, -0.25) is 4.52 Å². The second-order valence-corrected chi connectivity index (χ2v) is 8.72. The molecule has 0 amide bonds. The molecule has 0 saturated heterocycles. The molecular formula is C25H29O3P. The molecule has 3 aromatic rings. The molecule has 0 aliphatic carbocycles. The fourth-order valence-electron chi connectivity index (χ4n) is 3.17. The smallest absolute Gasteiger partial charge is 0.417 e. The molecule has 0 unspecified atom stereocenters. The monoisotopic (exact) mass is 408 g/mol. The number of benzene rings is 3. The Morgan fingerprint density at radius 3 is 1.48 bits per heavy atom. The first-order chi connectivity index (χ1) is 13.8. The summed E-state index contributed by atoms with van der Waals surface area (Å²) in [6.45, 7) is 12.9. The van der Waals surface area contributed by atoms with Gasteiger partial charge < -0.3 is 9.05 Å². The molecule has 0 bridgehead atoms. The minimum atomic E-state index is -1.61. The predicted molar refractivity (Wildman–Crippen MR) is 121 cm³/mol. The number of aryl methyl sites for hydroxylation is 6. The van der Waals surface area contributed by atoms with Crippen LogP contribution in [-0.2, 0) is 11.1 Å². The van der Waals surface area contributed by atoms with Gasteiger partial charge in [0.2, 0.25) is 0 Å². The van der Waals surface area contributed by atoms with Crippen molar-refractivity contribution in [3.63, 3.8) is 0 Å². The Morgan fingerprint density at radius 2 is 1.03 bits per heavy atom. The van der Waals surface area contributed by atoms with E-state index in [1.165, 1.54) is 22.3 Å². The highest BCUT2D eigenvalue weighted by atomic mass is 31.2. The summed E-state index contributed by atoms with van der Waals surface area (Å²) >= 11 is 0. The van der Waals surface area contributed by atoms with Crippen molar-refractivity contribution in [2.45, 2.75) is 48.1 Å². The maximum Gasteiger partial charge on any atom is 0.463 e. The first-order valence-corrected chi connectivity index (χ1v) is 10.9. The Balaban J connectivity index is 1.81. The van der Waals surface area contributed by atoms with Crippen molar-refractivity contribution in [1.82, 2.24) is 0 Å². The number of hydrogen-bond acceptors (Lipinski definition) is 3. The van der Waals surface area contributed by atoms with E-state index in [0.29, 0.717) is 6.61 Å². The van der Waals surface area contributed by atoms with E-state index in [9.17, 15) is 0 Å². The van der Waals surface area contributed by atoms with Gasteiger partial charge in [-0.15, -0.1) is 0 Å². The van der Waals surface area contributed by atoms with Gasteiger partial charge in [-0.25, -0.2) is 0 Å². The molecule has 152 valence electrons. The van der Waals surface area contributed by atoms with Gasteiger partial charge in [-0.2, -0.15) is 0 Å². The van der Waals surface area contributed by atoms with E-state index in [4.69, 9.17) is 13.6 Å². The van der Waals surface area contributed by atoms with Crippen LogP contribution in [0.3, 0.4) is 0 Å². The van der Waals surface area contributed by atoms with Crippen molar-refractivity contribution in [3.8, 4) is 11.5 Å². The zero-order valence-corrected chi connectivity index (χ0v) is 19.0. The zero-order valence-electron chi connectivity index (χ0n) is 18.1. The van der Waals surface area contributed by atoms with Crippen molar-refractivity contribution in [2.24, 2.45) is 0 Å². The first-order valence-electron chi connectivity index (χ1n) is 9.81. The summed E-state index contributed by atoms with van der Waals surface area (Å²) in [5.41, 5.74) is 8.12. The first kappa shape index (κ1) is 21.4. The standard InChI is InChI=1S/C25H29O3P/c1-17-7-10-23(20(4)13-17)16-26-29(27-24-11-8-18(2)14-21(24)5)28-25-12-9-19(3)15-22(25)6/h7-15H,16H2,1-6H3. The van der Waals surface area contributed by atoms with Crippen molar-refractivity contribution in [3.05, 3.63) is 93.5 Å². The minimum Gasteiger partial charge on any atom is -0.417 e. The molecule has 0 fully saturated rings. The largest absolute Gasteiger partial charge is 0.463 e. The molecular weight excluding hydrogens is 379 g/mol. The zero-order chi connectivity index (χ0) is 21.0. The summed E-state index contributed by atoms with van der Waals surface area (Å²) in [4.78, 5) is 0. The summed E-state index contributed by atoms with van der Waals surface area (Å²) in [5.74, 6) is 1.57.